The molecule has 5 rings (SSSR count). The summed E-state index contributed by atoms with van der Waals surface area (Å²) in [6.07, 6.45) is 1.62. The molecule has 3 aromatic rings. The molecule has 0 saturated carbocycles. The van der Waals surface area contributed by atoms with Crippen LogP contribution in [0.3, 0.4) is 0 Å². The molecule has 7 nitrogen and oxygen atoms in total. The van der Waals surface area contributed by atoms with Crippen molar-refractivity contribution in [3.63, 3.8) is 0 Å². The minimum absolute atomic E-state index is 0.0263. The summed E-state index contributed by atoms with van der Waals surface area (Å²) in [6.45, 7) is 4.62. The average molecular weight is 531 g/mol. The van der Waals surface area contributed by atoms with Crippen LogP contribution in [0.5, 0.6) is 11.5 Å². The lowest BCUT2D eigenvalue weighted by molar-refractivity contribution is -0.114. The molecule has 9 heteroatoms. The number of nitrogens with zero attached hydrogens (tertiary/aromatic N) is 3. The maximum atomic E-state index is 12.9. The molecule has 2 aliphatic rings. The summed E-state index contributed by atoms with van der Waals surface area (Å²) >= 11 is 7.52. The van der Waals surface area contributed by atoms with Crippen LogP contribution in [0.25, 0.3) is 6.08 Å². The van der Waals surface area contributed by atoms with Crippen molar-refractivity contribution in [2.75, 3.05) is 6.61 Å². The largest absolute Gasteiger partial charge is 0.490 e. The molecule has 0 bridgehead atoms. The summed E-state index contributed by atoms with van der Waals surface area (Å²) < 4.78 is 11.8. The van der Waals surface area contributed by atoms with E-state index in [-0.39, 0.29) is 18.0 Å². The second-order valence-electron chi connectivity index (χ2n) is 8.31. The molecule has 0 unspecified atom stereocenters. The van der Waals surface area contributed by atoms with Crippen molar-refractivity contribution in [1.82, 2.24) is 5.01 Å². The van der Waals surface area contributed by atoms with Crippen LogP contribution in [-0.4, -0.2) is 33.6 Å². The molecule has 1 amide bonds. The summed E-state index contributed by atoms with van der Waals surface area (Å²) in [7, 11) is 0. The number of hydrogen-bond acceptors (Lipinski definition) is 6. The van der Waals surface area contributed by atoms with E-state index in [1.807, 2.05) is 62.4 Å². The Kier molecular flexibility index (Phi) is 7.12. The zero-order valence-corrected chi connectivity index (χ0v) is 21.8. The summed E-state index contributed by atoms with van der Waals surface area (Å²) in [5.74, 6) is 0.569. The van der Waals surface area contributed by atoms with Crippen molar-refractivity contribution in [3.05, 3.63) is 99.6 Å². The quantitative estimate of drug-likeness (QED) is 0.362. The Hall–Kier alpha value is -3.88. The van der Waals surface area contributed by atoms with Gasteiger partial charge in [0.05, 0.1) is 12.2 Å². The number of thioether (sulfide) groups is 1. The lowest BCUT2D eigenvalue weighted by Gasteiger charge is -2.20. The first-order chi connectivity index (χ1) is 17.9. The van der Waals surface area contributed by atoms with Crippen LogP contribution in [0.4, 0.5) is 0 Å². The number of halogens is 1. The maximum Gasteiger partial charge on any atom is 0.283 e. The number of aliphatic imine (C=N–C) groups is 1. The van der Waals surface area contributed by atoms with Crippen LogP contribution in [0.2, 0.25) is 5.02 Å². The Morgan fingerprint density at radius 2 is 1.84 bits per heavy atom. The van der Waals surface area contributed by atoms with Crippen molar-refractivity contribution in [2.24, 2.45) is 10.1 Å². The molecule has 2 aliphatic heterocycles. The second-order valence-corrected chi connectivity index (χ2v) is 9.67. The molecule has 0 aromatic heterocycles. The molecular weight excluding hydrogens is 508 g/mol. The number of rotatable bonds is 7. The van der Waals surface area contributed by atoms with Crippen molar-refractivity contribution in [2.45, 2.75) is 20.5 Å². The molecule has 0 saturated heterocycles. The number of hydrogen-bond donors (Lipinski definition) is 1. The van der Waals surface area contributed by atoms with Gasteiger partial charge >= 0.3 is 0 Å². The van der Waals surface area contributed by atoms with Crippen LogP contribution >= 0.6 is 23.4 Å². The number of aryl methyl sites for hydroxylation is 1. The Balaban J connectivity index is 1.39. The molecule has 186 valence electrons. The van der Waals surface area contributed by atoms with Crippen molar-refractivity contribution in [1.29, 1.82) is 5.41 Å². The highest BCUT2D eigenvalue weighted by Gasteiger charge is 2.36. The minimum Gasteiger partial charge on any atom is -0.490 e. The lowest BCUT2D eigenvalue weighted by Crippen LogP contribution is -2.35. The second kappa shape index (κ2) is 10.6. The average Bonchev–Trinajstić information content (AvgIpc) is 3.31. The molecular formula is C28H23ClN4O3S. The van der Waals surface area contributed by atoms with Crippen LogP contribution in [-0.2, 0) is 11.4 Å². The third kappa shape index (κ3) is 5.30. The Morgan fingerprint density at radius 3 is 2.59 bits per heavy atom. The number of ether oxygens (including phenoxy) is 2. The van der Waals surface area contributed by atoms with Crippen LogP contribution in [0.1, 0.15) is 29.2 Å². The zero-order valence-electron chi connectivity index (χ0n) is 20.2. The SMILES string of the molecule is CCOc1cc(/C=C2/C(=N)N3N=C(c4ccc(C)cc4)SC3=NC2=O)ccc1OCc1ccccc1Cl. The van der Waals surface area contributed by atoms with Crippen molar-refractivity contribution >= 4 is 51.4 Å². The molecule has 0 aliphatic carbocycles. The summed E-state index contributed by atoms with van der Waals surface area (Å²) in [4.78, 5) is 17.0. The highest BCUT2D eigenvalue weighted by Crippen LogP contribution is 2.33. The van der Waals surface area contributed by atoms with Crippen LogP contribution < -0.4 is 9.47 Å². The number of carbonyl (C=O) groups excluding carboxylic acids is 1. The molecule has 0 fully saturated rings. The van der Waals surface area contributed by atoms with E-state index in [9.17, 15) is 4.79 Å². The van der Waals surface area contributed by atoms with Gasteiger partial charge < -0.3 is 9.47 Å². The minimum atomic E-state index is -0.485. The lowest BCUT2D eigenvalue weighted by atomic mass is 10.1. The number of amidine groups is 2. The normalized spacial score (nSPS) is 16.0. The van der Waals surface area contributed by atoms with E-state index >= 15 is 0 Å². The number of benzene rings is 3. The fourth-order valence-corrected chi connectivity index (χ4v) is 4.83. The van der Waals surface area contributed by atoms with Gasteiger partial charge in [-0.2, -0.15) is 15.1 Å². The topological polar surface area (TPSA) is 87.3 Å². The number of amides is 1. The number of nitrogens with one attached hydrogen (secondary N) is 1. The molecule has 0 atom stereocenters. The van der Waals surface area contributed by atoms with Gasteiger partial charge in [0.15, 0.2) is 17.3 Å². The fraction of sp³-hybridized carbons (Fsp3) is 0.143. The van der Waals surface area contributed by atoms with Gasteiger partial charge in [0.1, 0.15) is 11.7 Å². The van der Waals surface area contributed by atoms with E-state index in [0.29, 0.717) is 38.9 Å². The predicted molar refractivity (Wildman–Crippen MR) is 149 cm³/mol. The number of carbonyl (C=O) groups is 1. The van der Waals surface area contributed by atoms with Crippen LogP contribution in [0, 0.1) is 12.3 Å². The van der Waals surface area contributed by atoms with Gasteiger partial charge in [-0.25, -0.2) is 0 Å². The van der Waals surface area contributed by atoms with E-state index in [1.54, 1.807) is 24.3 Å². The van der Waals surface area contributed by atoms with Gasteiger partial charge in [-0.3, -0.25) is 10.2 Å². The van der Waals surface area contributed by atoms with Gasteiger partial charge in [-0.05, 0) is 55.4 Å². The van der Waals surface area contributed by atoms with E-state index in [1.165, 1.54) is 16.8 Å². The molecule has 0 spiro atoms. The highest BCUT2D eigenvalue weighted by molar-refractivity contribution is 8.27. The molecule has 3 aromatic carbocycles. The monoisotopic (exact) mass is 530 g/mol. The molecule has 0 radical (unpaired) electrons. The summed E-state index contributed by atoms with van der Waals surface area (Å²) in [5, 5.41) is 16.3. The molecule has 2 heterocycles. The van der Waals surface area contributed by atoms with Gasteiger partial charge in [0.25, 0.3) is 5.91 Å². The zero-order chi connectivity index (χ0) is 25.9. The fourth-order valence-electron chi connectivity index (χ4n) is 3.74. The van der Waals surface area contributed by atoms with Gasteiger partial charge in [0.2, 0.25) is 5.17 Å². The third-order valence-corrected chi connectivity index (χ3v) is 7.00. The van der Waals surface area contributed by atoms with Crippen molar-refractivity contribution in [3.8, 4) is 11.5 Å². The predicted octanol–water partition coefficient (Wildman–Crippen LogP) is 6.29. The first kappa shape index (κ1) is 24.8. The summed E-state index contributed by atoms with van der Waals surface area (Å²) in [6, 6.07) is 20.8. The summed E-state index contributed by atoms with van der Waals surface area (Å²) in [5.41, 5.74) is 3.73. The first-order valence-electron chi connectivity index (χ1n) is 11.6. The third-order valence-electron chi connectivity index (χ3n) is 5.67. The smallest absolute Gasteiger partial charge is 0.283 e. The highest BCUT2D eigenvalue weighted by atomic mass is 35.5. The molecule has 1 N–H and O–H groups in total. The van der Waals surface area contributed by atoms with E-state index < -0.39 is 5.91 Å². The van der Waals surface area contributed by atoms with Gasteiger partial charge in [-0.1, -0.05) is 65.7 Å². The van der Waals surface area contributed by atoms with Crippen molar-refractivity contribution < 1.29 is 14.3 Å². The molecule has 37 heavy (non-hydrogen) atoms. The van der Waals surface area contributed by atoms with Gasteiger partial charge in [-0.15, -0.1) is 0 Å². The Morgan fingerprint density at radius 1 is 1.05 bits per heavy atom. The Labute approximate surface area is 224 Å². The van der Waals surface area contributed by atoms with Crippen LogP contribution in [0.15, 0.2) is 82.4 Å². The maximum absolute atomic E-state index is 12.9. The van der Waals surface area contributed by atoms with Gasteiger partial charge in [0, 0.05) is 16.1 Å². The van der Waals surface area contributed by atoms with E-state index in [4.69, 9.17) is 26.5 Å². The van der Waals surface area contributed by atoms with E-state index in [0.717, 1.165) is 16.7 Å². The Bertz CT molecular complexity index is 1480. The number of fused-ring (bicyclic) bond motifs is 1. The standard InChI is InChI=1S/C28H23ClN4O3S/c1-3-35-24-15-18(10-13-23(24)36-16-20-6-4-5-7-22(20)29)14-21-25(30)33-28(31-26(21)34)37-27(32-33)19-11-8-17(2)9-12-19/h4-15,30H,3,16H2,1-2H3/b21-14-,30-25?. The van der Waals surface area contributed by atoms with E-state index in [2.05, 4.69) is 10.1 Å². The first-order valence-corrected chi connectivity index (χ1v) is 12.8. The number of hydrazone groups is 1.